The van der Waals surface area contributed by atoms with Crippen molar-refractivity contribution in [2.45, 2.75) is 39.0 Å². The molecule has 0 unspecified atom stereocenters. The maximum Gasteiger partial charge on any atom is 0.356 e. The normalized spacial score (nSPS) is 15.3. The summed E-state index contributed by atoms with van der Waals surface area (Å²) < 4.78 is 1.90. The Morgan fingerprint density at radius 2 is 1.75 bits per heavy atom. The minimum absolute atomic E-state index is 0.0963. The van der Waals surface area contributed by atoms with Crippen molar-refractivity contribution in [3.8, 4) is 0 Å². The number of piperidine rings is 1. The van der Waals surface area contributed by atoms with Crippen molar-refractivity contribution in [3.05, 3.63) is 89.0 Å². The lowest BCUT2D eigenvalue weighted by Gasteiger charge is -2.33. The van der Waals surface area contributed by atoms with Gasteiger partial charge in [-0.15, -0.1) is 0 Å². The number of carbonyl (C=O) groups is 1. The number of aryl methyl sites for hydroxylation is 2. The molecular weight excluding hydrogens is 448 g/mol. The lowest BCUT2D eigenvalue weighted by molar-refractivity contribution is 0.0693. The number of hydrogen-bond acceptors (Lipinski definition) is 4. The van der Waals surface area contributed by atoms with Crippen molar-refractivity contribution in [3.63, 3.8) is 0 Å². The smallest absolute Gasteiger partial charge is 0.356 e. The zero-order valence-corrected chi connectivity index (χ0v) is 20.7. The Balaban J connectivity index is 1.19. The maximum atomic E-state index is 11.5. The van der Waals surface area contributed by atoms with Crippen LogP contribution < -0.4 is 0 Å². The molecule has 4 heterocycles. The predicted octanol–water partition coefficient (Wildman–Crippen LogP) is 5.77. The summed E-state index contributed by atoms with van der Waals surface area (Å²) in [6.07, 6.45) is 4.91. The molecule has 6 nitrogen and oxygen atoms in total. The van der Waals surface area contributed by atoms with Gasteiger partial charge in [0.2, 0.25) is 0 Å². The van der Waals surface area contributed by atoms with Crippen LogP contribution in [0.2, 0.25) is 0 Å². The van der Waals surface area contributed by atoms with Crippen molar-refractivity contribution >= 4 is 33.3 Å². The molecule has 1 aliphatic heterocycles. The van der Waals surface area contributed by atoms with E-state index in [4.69, 9.17) is 4.98 Å². The van der Waals surface area contributed by atoms with Gasteiger partial charge in [-0.2, -0.15) is 0 Å². The zero-order chi connectivity index (χ0) is 24.8. The van der Waals surface area contributed by atoms with Crippen LogP contribution in [-0.4, -0.2) is 50.0 Å². The Kier molecular flexibility index (Phi) is 5.69. The van der Waals surface area contributed by atoms with Crippen LogP contribution in [-0.2, 0) is 6.42 Å². The summed E-state index contributed by atoms with van der Waals surface area (Å²) in [4.78, 5) is 23.0. The van der Waals surface area contributed by atoms with Gasteiger partial charge in [0.1, 0.15) is 6.33 Å². The number of benzene rings is 2. The number of likely N-dealkylation sites (tertiary alicyclic amines) is 1. The number of aromatic carboxylic acids is 1. The molecule has 0 radical (unpaired) electrons. The molecule has 1 aliphatic rings. The van der Waals surface area contributed by atoms with Crippen LogP contribution >= 0.6 is 0 Å². The minimum atomic E-state index is -0.998. The number of hydrogen-bond donors (Lipinski definition) is 1. The van der Waals surface area contributed by atoms with Crippen LogP contribution in [0.1, 0.15) is 51.6 Å². The van der Waals surface area contributed by atoms with Gasteiger partial charge in [-0.05, 0) is 93.1 Å². The van der Waals surface area contributed by atoms with Gasteiger partial charge < -0.3 is 10.0 Å². The number of carboxylic acids is 1. The fourth-order valence-electron chi connectivity index (χ4n) is 5.90. The first-order valence-corrected chi connectivity index (χ1v) is 12.7. The van der Waals surface area contributed by atoms with Gasteiger partial charge in [-0.25, -0.2) is 9.78 Å². The zero-order valence-electron chi connectivity index (χ0n) is 20.7. The molecule has 6 rings (SSSR count). The molecule has 0 bridgehead atoms. The van der Waals surface area contributed by atoms with Crippen molar-refractivity contribution in [1.29, 1.82) is 0 Å². The van der Waals surface area contributed by atoms with Crippen LogP contribution in [0, 0.1) is 13.8 Å². The standard InChI is InChI=1S/C30H30N4O2/c1-19-6-10-27-25(9-11-28-29(30(35)36)31-18-34(27)28)22(19)14-17-33-15-12-21(13-16-33)23-4-3-5-26-24(23)8-7-20(2)32-26/h3-11,18,21H,12-17H2,1-2H3,(H,35,36). The van der Waals surface area contributed by atoms with Gasteiger partial charge in [0.25, 0.3) is 0 Å². The molecule has 0 saturated carbocycles. The molecule has 3 aromatic heterocycles. The van der Waals surface area contributed by atoms with E-state index in [1.807, 2.05) is 17.4 Å². The largest absolute Gasteiger partial charge is 0.476 e. The van der Waals surface area contributed by atoms with Crippen molar-refractivity contribution in [2.75, 3.05) is 19.6 Å². The lowest BCUT2D eigenvalue weighted by Crippen LogP contribution is -2.34. The van der Waals surface area contributed by atoms with Gasteiger partial charge in [0.15, 0.2) is 5.69 Å². The number of pyridine rings is 2. The molecule has 2 aromatic carbocycles. The van der Waals surface area contributed by atoms with Gasteiger partial charge >= 0.3 is 5.97 Å². The monoisotopic (exact) mass is 478 g/mol. The predicted molar refractivity (Wildman–Crippen MR) is 143 cm³/mol. The van der Waals surface area contributed by atoms with Crippen molar-refractivity contribution in [1.82, 2.24) is 19.3 Å². The fourth-order valence-corrected chi connectivity index (χ4v) is 5.90. The average Bonchev–Trinajstić information content (AvgIpc) is 3.33. The number of aromatic nitrogens is 3. The number of carboxylic acid groups (broad SMARTS) is 1. The molecule has 0 aliphatic carbocycles. The first-order chi connectivity index (χ1) is 17.5. The number of rotatable bonds is 5. The van der Waals surface area contributed by atoms with Gasteiger partial charge in [0.05, 0.1) is 16.6 Å². The molecule has 182 valence electrons. The molecule has 0 atom stereocenters. The minimum Gasteiger partial charge on any atom is -0.476 e. The summed E-state index contributed by atoms with van der Waals surface area (Å²) >= 11 is 0. The topological polar surface area (TPSA) is 70.7 Å². The first-order valence-electron chi connectivity index (χ1n) is 12.7. The van der Waals surface area contributed by atoms with Gasteiger partial charge in [-0.3, -0.25) is 9.38 Å². The van der Waals surface area contributed by atoms with E-state index >= 15 is 0 Å². The summed E-state index contributed by atoms with van der Waals surface area (Å²) in [5, 5.41) is 11.9. The molecule has 1 fully saturated rings. The average molecular weight is 479 g/mol. The Hall–Kier alpha value is -3.77. The summed E-state index contributed by atoms with van der Waals surface area (Å²) in [5.41, 5.74) is 7.94. The highest BCUT2D eigenvalue weighted by Crippen LogP contribution is 2.33. The van der Waals surface area contributed by atoms with E-state index in [1.165, 1.54) is 27.5 Å². The molecule has 1 saturated heterocycles. The highest BCUT2D eigenvalue weighted by Gasteiger charge is 2.23. The summed E-state index contributed by atoms with van der Waals surface area (Å²) in [6.45, 7) is 7.42. The van der Waals surface area contributed by atoms with Crippen LogP contribution in [0.25, 0.3) is 27.3 Å². The fraction of sp³-hybridized carbons (Fsp3) is 0.300. The van der Waals surface area contributed by atoms with E-state index in [1.54, 1.807) is 6.33 Å². The van der Waals surface area contributed by atoms with Gasteiger partial charge in [-0.1, -0.05) is 30.3 Å². The molecule has 1 N–H and O–H groups in total. The number of imidazole rings is 1. The SMILES string of the molecule is Cc1ccc2c(C3CCN(CCc4c(C)ccc5c4ccc4c(C(=O)O)ncn45)CC3)cccc2n1. The molecule has 0 spiro atoms. The molecule has 5 aromatic rings. The second-order valence-corrected chi connectivity index (χ2v) is 10.0. The highest BCUT2D eigenvalue weighted by molar-refractivity contribution is 5.96. The van der Waals surface area contributed by atoms with Crippen LogP contribution in [0.5, 0.6) is 0 Å². The molecule has 36 heavy (non-hydrogen) atoms. The summed E-state index contributed by atoms with van der Waals surface area (Å²) in [6, 6.07) is 19.1. The second kappa shape index (κ2) is 9.03. The van der Waals surface area contributed by atoms with Crippen LogP contribution in [0.3, 0.4) is 0 Å². The second-order valence-electron chi connectivity index (χ2n) is 10.0. The van der Waals surface area contributed by atoms with E-state index in [0.29, 0.717) is 11.4 Å². The molecular formula is C30H30N4O2. The van der Waals surface area contributed by atoms with E-state index in [2.05, 4.69) is 65.3 Å². The van der Waals surface area contributed by atoms with E-state index in [9.17, 15) is 9.90 Å². The van der Waals surface area contributed by atoms with E-state index in [0.717, 1.165) is 55.6 Å². The third kappa shape index (κ3) is 3.91. The quantitative estimate of drug-likeness (QED) is 0.347. The van der Waals surface area contributed by atoms with Crippen LogP contribution in [0.4, 0.5) is 0 Å². The summed E-state index contributed by atoms with van der Waals surface area (Å²) in [5.74, 6) is -0.422. The Morgan fingerprint density at radius 3 is 2.56 bits per heavy atom. The highest BCUT2D eigenvalue weighted by atomic mass is 16.4. The molecule has 0 amide bonds. The van der Waals surface area contributed by atoms with Crippen molar-refractivity contribution < 1.29 is 9.90 Å². The Labute approximate surface area is 210 Å². The number of fused-ring (bicyclic) bond motifs is 4. The number of nitrogens with zero attached hydrogens (tertiary/aromatic N) is 4. The van der Waals surface area contributed by atoms with Crippen LogP contribution in [0.15, 0.2) is 60.9 Å². The van der Waals surface area contributed by atoms with Crippen molar-refractivity contribution in [2.24, 2.45) is 0 Å². The third-order valence-corrected chi connectivity index (χ3v) is 7.85. The lowest BCUT2D eigenvalue weighted by atomic mass is 9.87. The first kappa shape index (κ1) is 22.7. The Morgan fingerprint density at radius 1 is 0.972 bits per heavy atom. The molecule has 6 heteroatoms. The third-order valence-electron chi connectivity index (χ3n) is 7.85. The van der Waals surface area contributed by atoms with E-state index in [-0.39, 0.29) is 5.69 Å². The van der Waals surface area contributed by atoms with E-state index < -0.39 is 5.97 Å². The van der Waals surface area contributed by atoms with Gasteiger partial charge in [0, 0.05) is 23.0 Å². The Bertz CT molecular complexity index is 1610. The summed E-state index contributed by atoms with van der Waals surface area (Å²) in [7, 11) is 0. The maximum absolute atomic E-state index is 11.5.